The van der Waals surface area contributed by atoms with Crippen LogP contribution in [0, 0.1) is 5.92 Å². The van der Waals surface area contributed by atoms with Crippen LogP contribution in [-0.2, 0) is 0 Å². The van der Waals surface area contributed by atoms with Crippen LogP contribution in [0.5, 0.6) is 0 Å². The molecule has 6 heteroatoms. The third-order valence-corrected chi connectivity index (χ3v) is 3.81. The quantitative estimate of drug-likeness (QED) is 0.875. The van der Waals surface area contributed by atoms with E-state index in [1.54, 1.807) is 6.33 Å². The van der Waals surface area contributed by atoms with E-state index in [4.69, 9.17) is 5.73 Å². The molecule has 0 amide bonds. The monoisotopic (exact) mass is 283 g/mol. The Morgan fingerprint density at radius 1 is 1.32 bits per heavy atom. The van der Waals surface area contributed by atoms with E-state index < -0.39 is 0 Å². The molecule has 0 bridgehead atoms. The molecule has 1 unspecified atom stereocenters. The molecule has 106 valence electrons. The Kier molecular flexibility index (Phi) is 4.82. The van der Waals surface area contributed by atoms with E-state index in [9.17, 15) is 0 Å². The maximum absolute atomic E-state index is 5.76. The minimum Gasteiger partial charge on any atom is -0.384 e. The van der Waals surface area contributed by atoms with Crippen molar-refractivity contribution in [3.05, 3.63) is 12.4 Å². The van der Waals surface area contributed by atoms with Gasteiger partial charge in [-0.3, -0.25) is 0 Å². The second-order valence-electron chi connectivity index (χ2n) is 5.40. The van der Waals surface area contributed by atoms with Gasteiger partial charge < -0.3 is 16.0 Å². The molecule has 19 heavy (non-hydrogen) atoms. The number of anilines is 2. The second kappa shape index (κ2) is 6.39. The summed E-state index contributed by atoms with van der Waals surface area (Å²) in [6.45, 7) is 3.39. The van der Waals surface area contributed by atoms with E-state index in [2.05, 4.69) is 20.2 Å². The Labute approximate surface area is 120 Å². The Bertz CT molecular complexity index is 404. The van der Waals surface area contributed by atoms with Crippen LogP contribution < -0.4 is 16.0 Å². The molecular formula is C13H22ClN5. The van der Waals surface area contributed by atoms with Gasteiger partial charge >= 0.3 is 0 Å². The maximum atomic E-state index is 5.76. The predicted octanol–water partition coefficient (Wildman–Crippen LogP) is 1.45. The van der Waals surface area contributed by atoms with Gasteiger partial charge in [-0.1, -0.05) is 0 Å². The first kappa shape index (κ1) is 14.3. The van der Waals surface area contributed by atoms with Crippen LogP contribution in [0.25, 0.3) is 0 Å². The molecule has 1 atom stereocenters. The van der Waals surface area contributed by atoms with Gasteiger partial charge in [-0.05, 0) is 44.7 Å². The predicted molar refractivity (Wildman–Crippen MR) is 79.7 cm³/mol. The van der Waals surface area contributed by atoms with E-state index in [0.717, 1.165) is 24.8 Å². The number of hydrogen-bond donors (Lipinski definition) is 2. The summed E-state index contributed by atoms with van der Waals surface area (Å²) in [4.78, 5) is 10.8. The summed E-state index contributed by atoms with van der Waals surface area (Å²) in [5, 5.41) is 3.48. The van der Waals surface area contributed by atoms with Crippen LogP contribution in [0.2, 0.25) is 0 Å². The van der Waals surface area contributed by atoms with Gasteiger partial charge in [0.25, 0.3) is 0 Å². The number of nitrogen functional groups attached to an aromatic ring is 1. The Balaban J connectivity index is 0.00000133. The van der Waals surface area contributed by atoms with Gasteiger partial charge in [-0.25, -0.2) is 9.97 Å². The zero-order valence-corrected chi connectivity index (χ0v) is 11.9. The van der Waals surface area contributed by atoms with Crippen molar-refractivity contribution in [2.45, 2.75) is 31.7 Å². The lowest BCUT2D eigenvalue weighted by atomic mass is 9.99. The van der Waals surface area contributed by atoms with Crippen molar-refractivity contribution in [3.8, 4) is 0 Å². The zero-order valence-electron chi connectivity index (χ0n) is 11.1. The summed E-state index contributed by atoms with van der Waals surface area (Å²) in [5.74, 6) is 2.29. The number of nitrogens with zero attached hydrogens (tertiary/aromatic N) is 3. The molecule has 1 aromatic heterocycles. The van der Waals surface area contributed by atoms with Gasteiger partial charge in [0, 0.05) is 18.7 Å². The summed E-state index contributed by atoms with van der Waals surface area (Å²) >= 11 is 0. The lowest BCUT2D eigenvalue weighted by Gasteiger charge is -2.31. The largest absolute Gasteiger partial charge is 0.384 e. The van der Waals surface area contributed by atoms with Crippen LogP contribution in [0.15, 0.2) is 12.4 Å². The lowest BCUT2D eigenvalue weighted by Crippen LogP contribution is -2.39. The molecule has 1 saturated heterocycles. The number of rotatable bonds is 4. The van der Waals surface area contributed by atoms with E-state index in [0.29, 0.717) is 11.9 Å². The number of nitrogens with two attached hydrogens (primary N) is 1. The second-order valence-corrected chi connectivity index (χ2v) is 5.40. The van der Waals surface area contributed by atoms with Gasteiger partial charge in [0.2, 0.25) is 0 Å². The molecule has 1 saturated carbocycles. The highest BCUT2D eigenvalue weighted by Gasteiger charge is 2.32. The smallest absolute Gasteiger partial charge is 0.134 e. The molecular weight excluding hydrogens is 262 g/mol. The normalized spacial score (nSPS) is 22.6. The molecule has 0 radical (unpaired) electrons. The zero-order chi connectivity index (χ0) is 12.4. The van der Waals surface area contributed by atoms with Crippen LogP contribution >= 0.6 is 12.4 Å². The molecule has 3 N–H and O–H groups in total. The first-order chi connectivity index (χ1) is 8.83. The average molecular weight is 284 g/mol. The van der Waals surface area contributed by atoms with Crippen LogP contribution in [0.3, 0.4) is 0 Å². The summed E-state index contributed by atoms with van der Waals surface area (Å²) in [6, 6.07) is 2.57. The third kappa shape index (κ3) is 3.70. The molecule has 1 aliphatic carbocycles. The Hall–Kier alpha value is -1.07. The van der Waals surface area contributed by atoms with Gasteiger partial charge in [-0.15, -0.1) is 12.4 Å². The number of aromatic nitrogens is 2. The van der Waals surface area contributed by atoms with Gasteiger partial charge in [-0.2, -0.15) is 0 Å². The minimum atomic E-state index is 0. The van der Waals surface area contributed by atoms with Gasteiger partial charge in [0.15, 0.2) is 0 Å². The minimum absolute atomic E-state index is 0. The number of piperidine rings is 1. The average Bonchev–Trinajstić information content (AvgIpc) is 3.21. The molecule has 1 aromatic rings. The maximum Gasteiger partial charge on any atom is 0.134 e. The van der Waals surface area contributed by atoms with Crippen molar-refractivity contribution >= 4 is 24.0 Å². The third-order valence-electron chi connectivity index (χ3n) is 3.81. The fourth-order valence-corrected chi connectivity index (χ4v) is 2.69. The standard InChI is InChI=1S/C13H21N5.ClH/c14-12-6-13(17-9-16-12)18(11-3-4-11)8-10-2-1-5-15-7-10;/h6,9-11,15H,1-5,7-8H2,(H2,14,16,17);1H. The van der Waals surface area contributed by atoms with E-state index in [1.165, 1.54) is 32.2 Å². The van der Waals surface area contributed by atoms with Crippen molar-refractivity contribution in [2.75, 3.05) is 30.3 Å². The first-order valence-corrected chi connectivity index (χ1v) is 6.88. The van der Waals surface area contributed by atoms with Crippen molar-refractivity contribution in [1.29, 1.82) is 0 Å². The molecule has 1 aliphatic heterocycles. The highest BCUT2D eigenvalue weighted by atomic mass is 35.5. The number of nitrogens with one attached hydrogen (secondary N) is 1. The first-order valence-electron chi connectivity index (χ1n) is 6.88. The van der Waals surface area contributed by atoms with Crippen molar-refractivity contribution in [2.24, 2.45) is 5.92 Å². The summed E-state index contributed by atoms with van der Waals surface area (Å²) in [5.41, 5.74) is 5.76. The van der Waals surface area contributed by atoms with Crippen molar-refractivity contribution in [1.82, 2.24) is 15.3 Å². The van der Waals surface area contributed by atoms with Gasteiger partial charge in [0.05, 0.1) is 0 Å². The Morgan fingerprint density at radius 2 is 2.16 bits per heavy atom. The van der Waals surface area contributed by atoms with E-state index in [-0.39, 0.29) is 12.4 Å². The molecule has 3 rings (SSSR count). The van der Waals surface area contributed by atoms with E-state index in [1.807, 2.05) is 6.07 Å². The molecule has 2 fully saturated rings. The molecule has 5 nitrogen and oxygen atoms in total. The molecule has 2 heterocycles. The highest BCUT2D eigenvalue weighted by molar-refractivity contribution is 5.85. The summed E-state index contributed by atoms with van der Waals surface area (Å²) in [7, 11) is 0. The SMILES string of the molecule is Cl.Nc1cc(N(CC2CCCNC2)C2CC2)ncn1. The molecule has 0 aromatic carbocycles. The van der Waals surface area contributed by atoms with Crippen molar-refractivity contribution < 1.29 is 0 Å². The highest BCUT2D eigenvalue weighted by Crippen LogP contribution is 2.32. The van der Waals surface area contributed by atoms with Crippen LogP contribution in [0.1, 0.15) is 25.7 Å². The molecule has 0 spiro atoms. The number of halogens is 1. The van der Waals surface area contributed by atoms with Crippen LogP contribution in [-0.4, -0.2) is 35.6 Å². The summed E-state index contributed by atoms with van der Waals surface area (Å²) in [6.07, 6.45) is 6.74. The Morgan fingerprint density at radius 3 is 2.79 bits per heavy atom. The molecule has 2 aliphatic rings. The van der Waals surface area contributed by atoms with Crippen molar-refractivity contribution in [3.63, 3.8) is 0 Å². The topological polar surface area (TPSA) is 67.1 Å². The summed E-state index contributed by atoms with van der Waals surface area (Å²) < 4.78 is 0. The number of hydrogen-bond acceptors (Lipinski definition) is 5. The van der Waals surface area contributed by atoms with E-state index >= 15 is 0 Å². The fraction of sp³-hybridized carbons (Fsp3) is 0.692. The lowest BCUT2D eigenvalue weighted by molar-refractivity contribution is 0.375. The van der Waals surface area contributed by atoms with Gasteiger partial charge in [0.1, 0.15) is 18.0 Å². The van der Waals surface area contributed by atoms with Crippen LogP contribution in [0.4, 0.5) is 11.6 Å². The fourth-order valence-electron chi connectivity index (χ4n) is 2.69.